The first-order chi connectivity index (χ1) is 8.84. The summed E-state index contributed by atoms with van der Waals surface area (Å²) in [5, 5.41) is 1.04. The Hall–Kier alpha value is -2.55. The number of aromatic nitrogens is 1. The van der Waals surface area contributed by atoms with Crippen LogP contribution in [-0.4, -0.2) is 4.40 Å². The third-order valence-electron chi connectivity index (χ3n) is 3.23. The van der Waals surface area contributed by atoms with Crippen LogP contribution >= 0.6 is 0 Å². The van der Waals surface area contributed by atoms with Crippen LogP contribution in [0.25, 0.3) is 27.5 Å². The van der Waals surface area contributed by atoms with E-state index < -0.39 is 0 Å². The van der Waals surface area contributed by atoms with Crippen molar-refractivity contribution < 1.29 is 4.42 Å². The molecule has 86 valence electrons. The van der Waals surface area contributed by atoms with Crippen LogP contribution in [0, 0.1) is 0 Å². The lowest BCUT2D eigenvalue weighted by Crippen LogP contribution is -2.03. The predicted molar refractivity (Wildman–Crippen MR) is 70.9 cm³/mol. The lowest BCUT2D eigenvalue weighted by molar-refractivity contribution is 0.563. The minimum Gasteiger partial charge on any atom is -0.420 e. The third kappa shape index (κ3) is 1.10. The molecule has 3 heteroatoms. The minimum atomic E-state index is -0.301. The Morgan fingerprint density at radius 2 is 1.56 bits per heavy atom. The first-order valence-electron chi connectivity index (χ1n) is 5.77. The maximum absolute atomic E-state index is 12.0. The van der Waals surface area contributed by atoms with E-state index in [0.29, 0.717) is 11.1 Å². The summed E-state index contributed by atoms with van der Waals surface area (Å²) in [6, 6.07) is 17.4. The highest BCUT2D eigenvalue weighted by Crippen LogP contribution is 2.23. The van der Waals surface area contributed by atoms with E-state index in [9.17, 15) is 4.79 Å². The third-order valence-corrected chi connectivity index (χ3v) is 3.23. The Morgan fingerprint density at radius 3 is 2.44 bits per heavy atom. The number of hydrogen-bond acceptors (Lipinski definition) is 2. The number of nitrogens with zero attached hydrogens (tertiary/aromatic N) is 1. The monoisotopic (exact) mass is 235 g/mol. The van der Waals surface area contributed by atoms with Crippen LogP contribution in [0.3, 0.4) is 0 Å². The molecular formula is C15H9NO2. The van der Waals surface area contributed by atoms with Gasteiger partial charge in [0.05, 0.1) is 11.0 Å². The largest absolute Gasteiger partial charge is 0.420 e. The van der Waals surface area contributed by atoms with Crippen molar-refractivity contribution in [1.29, 1.82) is 0 Å². The van der Waals surface area contributed by atoms with E-state index >= 15 is 0 Å². The van der Waals surface area contributed by atoms with Gasteiger partial charge in [0.25, 0.3) is 0 Å². The molecule has 0 radical (unpaired) electrons. The van der Waals surface area contributed by atoms with Crippen LogP contribution in [0.2, 0.25) is 0 Å². The highest BCUT2D eigenvalue weighted by atomic mass is 16.4. The van der Waals surface area contributed by atoms with Crippen molar-refractivity contribution in [3.8, 4) is 0 Å². The molecule has 4 rings (SSSR count). The van der Waals surface area contributed by atoms with Crippen LogP contribution in [0.4, 0.5) is 0 Å². The predicted octanol–water partition coefficient (Wildman–Crippen LogP) is 3.20. The van der Waals surface area contributed by atoms with E-state index in [1.54, 1.807) is 0 Å². The summed E-state index contributed by atoms with van der Waals surface area (Å²) in [6.07, 6.45) is 0. The van der Waals surface area contributed by atoms with E-state index in [2.05, 4.69) is 0 Å². The molecule has 0 spiro atoms. The summed E-state index contributed by atoms with van der Waals surface area (Å²) >= 11 is 0. The fourth-order valence-electron chi connectivity index (χ4n) is 2.44. The SMILES string of the molecule is O=c1oc2ccccc2n2c1cc1ccccc12. The Balaban J connectivity index is 2.45. The summed E-state index contributed by atoms with van der Waals surface area (Å²) in [5.74, 6) is 0. The second-order valence-electron chi connectivity index (χ2n) is 4.28. The molecule has 0 saturated heterocycles. The molecule has 0 unspecified atom stereocenters. The molecule has 2 aromatic carbocycles. The Bertz CT molecular complexity index is 947. The number of para-hydroxylation sites is 3. The van der Waals surface area contributed by atoms with E-state index in [-0.39, 0.29) is 5.63 Å². The van der Waals surface area contributed by atoms with E-state index in [1.165, 1.54) is 0 Å². The van der Waals surface area contributed by atoms with Gasteiger partial charge in [-0.1, -0.05) is 30.3 Å². The van der Waals surface area contributed by atoms with Crippen molar-refractivity contribution in [2.24, 2.45) is 0 Å². The summed E-state index contributed by atoms with van der Waals surface area (Å²) in [4.78, 5) is 12.0. The van der Waals surface area contributed by atoms with Gasteiger partial charge in [-0.05, 0) is 24.3 Å². The quantitative estimate of drug-likeness (QED) is 0.469. The van der Waals surface area contributed by atoms with Crippen LogP contribution < -0.4 is 5.63 Å². The number of fused-ring (bicyclic) bond motifs is 5. The molecule has 0 amide bonds. The van der Waals surface area contributed by atoms with E-state index in [0.717, 1.165) is 16.4 Å². The van der Waals surface area contributed by atoms with Crippen molar-refractivity contribution in [3.05, 3.63) is 65.0 Å². The van der Waals surface area contributed by atoms with Gasteiger partial charge >= 0.3 is 5.63 Å². The van der Waals surface area contributed by atoms with Gasteiger partial charge in [-0.3, -0.25) is 4.40 Å². The van der Waals surface area contributed by atoms with E-state index in [4.69, 9.17) is 4.42 Å². The molecule has 18 heavy (non-hydrogen) atoms. The molecule has 0 bridgehead atoms. The smallest absolute Gasteiger partial charge is 0.360 e. The topological polar surface area (TPSA) is 34.6 Å². The summed E-state index contributed by atoms with van der Waals surface area (Å²) in [6.45, 7) is 0. The Labute approximate surface area is 102 Å². The molecule has 4 aromatic rings. The van der Waals surface area contributed by atoms with Crippen LogP contribution in [0.1, 0.15) is 0 Å². The molecule has 0 saturated carbocycles. The standard InChI is InChI=1S/C15H9NO2/c17-15-13-9-10-5-1-2-6-11(10)16(13)12-7-3-4-8-14(12)18-15/h1-9H. The normalized spacial score (nSPS) is 11.6. The van der Waals surface area contributed by atoms with Gasteiger partial charge in [0.1, 0.15) is 5.52 Å². The van der Waals surface area contributed by atoms with Crippen LogP contribution in [0.5, 0.6) is 0 Å². The number of benzene rings is 2. The average molecular weight is 235 g/mol. The molecule has 0 fully saturated rings. The molecule has 0 aliphatic rings. The molecule has 2 aromatic heterocycles. The van der Waals surface area contributed by atoms with Crippen LogP contribution in [0.15, 0.2) is 63.8 Å². The van der Waals surface area contributed by atoms with Crippen molar-refractivity contribution in [1.82, 2.24) is 4.40 Å². The summed E-state index contributed by atoms with van der Waals surface area (Å²) in [7, 11) is 0. The molecule has 3 nitrogen and oxygen atoms in total. The summed E-state index contributed by atoms with van der Waals surface area (Å²) < 4.78 is 7.28. The van der Waals surface area contributed by atoms with Crippen LogP contribution in [-0.2, 0) is 0 Å². The molecule has 2 heterocycles. The highest BCUT2D eigenvalue weighted by Gasteiger charge is 2.10. The fourth-order valence-corrected chi connectivity index (χ4v) is 2.44. The number of rotatable bonds is 0. The van der Waals surface area contributed by atoms with Gasteiger partial charge in [0.2, 0.25) is 0 Å². The average Bonchev–Trinajstić information content (AvgIpc) is 2.79. The first-order valence-corrected chi connectivity index (χ1v) is 5.77. The van der Waals surface area contributed by atoms with Gasteiger partial charge in [-0.15, -0.1) is 0 Å². The van der Waals surface area contributed by atoms with Gasteiger partial charge in [0, 0.05) is 5.39 Å². The molecule has 0 aliphatic heterocycles. The summed E-state index contributed by atoms with van der Waals surface area (Å²) in [5.41, 5.74) is 2.82. The van der Waals surface area contributed by atoms with Crippen molar-refractivity contribution in [2.45, 2.75) is 0 Å². The Morgan fingerprint density at radius 1 is 0.833 bits per heavy atom. The lowest BCUT2D eigenvalue weighted by Gasteiger charge is -2.02. The zero-order chi connectivity index (χ0) is 12.1. The van der Waals surface area contributed by atoms with Gasteiger partial charge in [0.15, 0.2) is 5.58 Å². The second kappa shape index (κ2) is 3.23. The molecular weight excluding hydrogens is 226 g/mol. The van der Waals surface area contributed by atoms with Gasteiger partial charge in [-0.25, -0.2) is 4.79 Å². The molecule has 0 aliphatic carbocycles. The first kappa shape index (κ1) is 9.48. The lowest BCUT2D eigenvalue weighted by atomic mass is 10.2. The number of hydrogen-bond donors (Lipinski definition) is 0. The maximum atomic E-state index is 12.0. The van der Waals surface area contributed by atoms with Crippen molar-refractivity contribution >= 4 is 27.5 Å². The minimum absolute atomic E-state index is 0.301. The Kier molecular flexibility index (Phi) is 1.70. The zero-order valence-electron chi connectivity index (χ0n) is 9.46. The van der Waals surface area contributed by atoms with Gasteiger partial charge < -0.3 is 4.42 Å². The highest BCUT2D eigenvalue weighted by molar-refractivity contribution is 5.91. The zero-order valence-corrected chi connectivity index (χ0v) is 9.46. The van der Waals surface area contributed by atoms with E-state index in [1.807, 2.05) is 59.0 Å². The fraction of sp³-hybridized carbons (Fsp3) is 0. The molecule has 0 N–H and O–H groups in total. The molecule has 0 atom stereocenters. The van der Waals surface area contributed by atoms with Gasteiger partial charge in [-0.2, -0.15) is 0 Å². The van der Waals surface area contributed by atoms with Crippen molar-refractivity contribution in [3.63, 3.8) is 0 Å². The van der Waals surface area contributed by atoms with Crippen molar-refractivity contribution in [2.75, 3.05) is 0 Å². The second-order valence-corrected chi connectivity index (χ2v) is 4.28. The maximum Gasteiger partial charge on any atom is 0.360 e.